The number of hydrogen-bond acceptors (Lipinski definition) is 3. The van der Waals surface area contributed by atoms with Crippen molar-refractivity contribution in [3.05, 3.63) is 47.7 Å². The third-order valence-corrected chi connectivity index (χ3v) is 4.78. The Bertz CT molecular complexity index is 897. The third-order valence-electron chi connectivity index (χ3n) is 4.78. The predicted molar refractivity (Wildman–Crippen MR) is 91.8 cm³/mol. The molecule has 1 amide bonds. The Balaban J connectivity index is 1.85. The van der Waals surface area contributed by atoms with Crippen molar-refractivity contribution >= 4 is 27.6 Å². The average molecular weight is 308 g/mol. The highest BCUT2D eigenvalue weighted by molar-refractivity contribution is 6.08. The number of nitrogens with one attached hydrogen (secondary N) is 1. The van der Waals surface area contributed by atoms with Gasteiger partial charge in [0.05, 0.1) is 0 Å². The molecule has 0 aliphatic carbocycles. The number of fused-ring (bicyclic) bond motifs is 3. The SMILES string of the molecule is Cc1c(C(=O)N2CCNC[C@@H]2C)oc2c1ccc1ccccc12. The molecule has 1 aromatic heterocycles. The lowest BCUT2D eigenvalue weighted by Crippen LogP contribution is -2.52. The van der Waals surface area contributed by atoms with Crippen LogP contribution in [0.25, 0.3) is 21.7 Å². The standard InChI is InChI=1S/C19H20N2O2/c1-12-11-20-9-10-21(12)19(22)17-13(2)15-8-7-14-5-3-4-6-16(14)18(15)23-17/h3-8,12,20H,9-11H2,1-2H3/t12-/m0/s1. The molecular weight excluding hydrogens is 288 g/mol. The van der Waals surface area contributed by atoms with Crippen molar-refractivity contribution in [2.75, 3.05) is 19.6 Å². The number of carbonyl (C=O) groups excluding carboxylic acids is 1. The monoisotopic (exact) mass is 308 g/mol. The molecule has 0 bridgehead atoms. The van der Waals surface area contributed by atoms with Gasteiger partial charge in [0.2, 0.25) is 0 Å². The molecule has 1 atom stereocenters. The first-order chi connectivity index (χ1) is 11.2. The first-order valence-electron chi connectivity index (χ1n) is 8.09. The van der Waals surface area contributed by atoms with Crippen molar-refractivity contribution in [2.24, 2.45) is 0 Å². The van der Waals surface area contributed by atoms with Gasteiger partial charge < -0.3 is 14.6 Å². The highest BCUT2D eigenvalue weighted by Gasteiger charge is 2.28. The number of rotatable bonds is 1. The number of furan rings is 1. The van der Waals surface area contributed by atoms with Gasteiger partial charge in [-0.15, -0.1) is 0 Å². The maximum Gasteiger partial charge on any atom is 0.290 e. The Morgan fingerprint density at radius 2 is 2.04 bits per heavy atom. The van der Waals surface area contributed by atoms with Crippen molar-refractivity contribution in [1.82, 2.24) is 10.2 Å². The smallest absolute Gasteiger partial charge is 0.290 e. The lowest BCUT2D eigenvalue weighted by atomic mass is 10.1. The Morgan fingerprint density at radius 1 is 1.22 bits per heavy atom. The van der Waals surface area contributed by atoms with E-state index in [0.717, 1.165) is 46.9 Å². The molecular formula is C19H20N2O2. The molecule has 4 heteroatoms. The van der Waals surface area contributed by atoms with Crippen LogP contribution in [0.2, 0.25) is 0 Å². The number of nitrogens with zero attached hydrogens (tertiary/aromatic N) is 1. The summed E-state index contributed by atoms with van der Waals surface area (Å²) in [5.74, 6) is 0.474. The zero-order valence-electron chi connectivity index (χ0n) is 13.4. The Morgan fingerprint density at radius 3 is 2.87 bits per heavy atom. The summed E-state index contributed by atoms with van der Waals surface area (Å²) in [5, 5.41) is 6.52. The fourth-order valence-electron chi connectivity index (χ4n) is 3.43. The van der Waals surface area contributed by atoms with Gasteiger partial charge in [-0.3, -0.25) is 4.79 Å². The summed E-state index contributed by atoms with van der Waals surface area (Å²) < 4.78 is 6.06. The van der Waals surface area contributed by atoms with E-state index in [0.29, 0.717) is 5.76 Å². The molecule has 23 heavy (non-hydrogen) atoms. The molecule has 1 fully saturated rings. The quantitative estimate of drug-likeness (QED) is 0.750. The van der Waals surface area contributed by atoms with Crippen LogP contribution in [0.1, 0.15) is 23.0 Å². The van der Waals surface area contributed by atoms with Crippen LogP contribution in [0.3, 0.4) is 0 Å². The number of hydrogen-bond donors (Lipinski definition) is 1. The minimum Gasteiger partial charge on any atom is -0.450 e. The second-order valence-electron chi connectivity index (χ2n) is 6.27. The minimum atomic E-state index is -0.00298. The predicted octanol–water partition coefficient (Wildman–Crippen LogP) is 3.33. The first kappa shape index (κ1) is 14.3. The zero-order valence-corrected chi connectivity index (χ0v) is 13.4. The van der Waals surface area contributed by atoms with E-state index in [1.54, 1.807) is 0 Å². The second-order valence-corrected chi connectivity index (χ2v) is 6.27. The van der Waals surface area contributed by atoms with Crippen molar-refractivity contribution in [3.63, 3.8) is 0 Å². The van der Waals surface area contributed by atoms with Crippen LogP contribution in [-0.4, -0.2) is 36.5 Å². The third kappa shape index (κ3) is 2.21. The summed E-state index contributed by atoms with van der Waals surface area (Å²) >= 11 is 0. The lowest BCUT2D eigenvalue weighted by molar-refractivity contribution is 0.0624. The van der Waals surface area contributed by atoms with Gasteiger partial charge in [-0.05, 0) is 19.2 Å². The van der Waals surface area contributed by atoms with E-state index in [9.17, 15) is 4.79 Å². The first-order valence-corrected chi connectivity index (χ1v) is 8.09. The van der Waals surface area contributed by atoms with Gasteiger partial charge in [-0.25, -0.2) is 0 Å². The van der Waals surface area contributed by atoms with Gasteiger partial charge in [0, 0.05) is 42.0 Å². The van der Waals surface area contributed by atoms with Crippen molar-refractivity contribution < 1.29 is 9.21 Å². The van der Waals surface area contributed by atoms with Crippen LogP contribution >= 0.6 is 0 Å². The summed E-state index contributed by atoms with van der Waals surface area (Å²) in [6.45, 7) is 6.42. The van der Waals surface area contributed by atoms with Gasteiger partial charge in [-0.1, -0.05) is 36.4 Å². The molecule has 0 unspecified atom stereocenters. The van der Waals surface area contributed by atoms with Crippen molar-refractivity contribution in [2.45, 2.75) is 19.9 Å². The molecule has 1 saturated heterocycles. The summed E-state index contributed by atoms with van der Waals surface area (Å²) in [5.41, 5.74) is 1.74. The van der Waals surface area contributed by atoms with E-state index >= 15 is 0 Å². The average Bonchev–Trinajstić information content (AvgIpc) is 2.92. The van der Waals surface area contributed by atoms with Crippen LogP contribution in [0.15, 0.2) is 40.8 Å². The van der Waals surface area contributed by atoms with Gasteiger partial charge in [0.25, 0.3) is 5.91 Å². The summed E-state index contributed by atoms with van der Waals surface area (Å²) in [6.07, 6.45) is 0. The number of piperazine rings is 1. The van der Waals surface area contributed by atoms with Gasteiger partial charge in [0.15, 0.2) is 5.76 Å². The number of amides is 1. The minimum absolute atomic E-state index is 0.00298. The van der Waals surface area contributed by atoms with Crippen LogP contribution < -0.4 is 5.32 Å². The highest BCUT2D eigenvalue weighted by Crippen LogP contribution is 2.32. The molecule has 4 rings (SSSR count). The summed E-state index contributed by atoms with van der Waals surface area (Å²) in [6, 6.07) is 12.4. The van der Waals surface area contributed by atoms with Crippen molar-refractivity contribution in [1.29, 1.82) is 0 Å². The van der Waals surface area contributed by atoms with E-state index in [4.69, 9.17) is 4.42 Å². The molecule has 3 aromatic rings. The normalized spacial score (nSPS) is 18.7. The van der Waals surface area contributed by atoms with E-state index in [1.165, 1.54) is 0 Å². The van der Waals surface area contributed by atoms with Crippen LogP contribution in [0.4, 0.5) is 0 Å². The summed E-state index contributed by atoms with van der Waals surface area (Å²) in [4.78, 5) is 14.8. The van der Waals surface area contributed by atoms with Crippen molar-refractivity contribution in [3.8, 4) is 0 Å². The molecule has 0 saturated carbocycles. The molecule has 2 heterocycles. The summed E-state index contributed by atoms with van der Waals surface area (Å²) in [7, 11) is 0. The Hall–Kier alpha value is -2.33. The largest absolute Gasteiger partial charge is 0.450 e. The molecule has 118 valence electrons. The fourth-order valence-corrected chi connectivity index (χ4v) is 3.43. The topological polar surface area (TPSA) is 45.5 Å². The maximum atomic E-state index is 12.9. The molecule has 0 radical (unpaired) electrons. The number of carbonyl (C=O) groups is 1. The highest BCUT2D eigenvalue weighted by atomic mass is 16.3. The number of aryl methyl sites for hydroxylation is 1. The maximum absolute atomic E-state index is 12.9. The molecule has 0 spiro atoms. The lowest BCUT2D eigenvalue weighted by Gasteiger charge is -2.33. The van der Waals surface area contributed by atoms with Crippen LogP contribution in [-0.2, 0) is 0 Å². The van der Waals surface area contributed by atoms with E-state index in [2.05, 4.69) is 30.4 Å². The van der Waals surface area contributed by atoms with E-state index < -0.39 is 0 Å². The zero-order chi connectivity index (χ0) is 16.0. The van der Waals surface area contributed by atoms with E-state index in [1.807, 2.05) is 30.0 Å². The molecule has 2 aromatic carbocycles. The molecule has 1 aliphatic heterocycles. The molecule has 4 nitrogen and oxygen atoms in total. The van der Waals surface area contributed by atoms with Gasteiger partial charge >= 0.3 is 0 Å². The van der Waals surface area contributed by atoms with Gasteiger partial charge in [-0.2, -0.15) is 0 Å². The fraction of sp³-hybridized carbons (Fsp3) is 0.316. The van der Waals surface area contributed by atoms with Crippen LogP contribution in [0.5, 0.6) is 0 Å². The molecule has 1 N–H and O–H groups in total. The Kier molecular flexibility index (Phi) is 3.34. The number of benzene rings is 2. The Labute approximate surface area is 135 Å². The van der Waals surface area contributed by atoms with Crippen LogP contribution in [0, 0.1) is 6.92 Å². The molecule has 1 aliphatic rings. The van der Waals surface area contributed by atoms with Gasteiger partial charge in [0.1, 0.15) is 5.58 Å². The second kappa shape index (κ2) is 5.39. The van der Waals surface area contributed by atoms with E-state index in [-0.39, 0.29) is 11.9 Å².